The van der Waals surface area contributed by atoms with Crippen LogP contribution in [0.25, 0.3) is 0 Å². The summed E-state index contributed by atoms with van der Waals surface area (Å²) in [5.74, 6) is 0.122. The van der Waals surface area contributed by atoms with E-state index in [1.807, 2.05) is 0 Å². The van der Waals surface area contributed by atoms with E-state index in [1.165, 1.54) is 0 Å². The average molecular weight is 499 g/mol. The smallest absolute Gasteiger partial charge is 0.303 e. The van der Waals surface area contributed by atoms with Crippen LogP contribution in [0, 0.1) is 17.8 Å². The van der Waals surface area contributed by atoms with E-state index in [2.05, 4.69) is 58.0 Å². The van der Waals surface area contributed by atoms with Gasteiger partial charge >= 0.3 is 5.97 Å². The van der Waals surface area contributed by atoms with Crippen molar-refractivity contribution < 1.29 is 14.7 Å². The highest BCUT2D eigenvalue weighted by molar-refractivity contribution is 5.77. The minimum atomic E-state index is -0.877. The Balaban J connectivity index is 2.23. The van der Waals surface area contributed by atoms with E-state index in [-0.39, 0.29) is 18.7 Å². The zero-order valence-corrected chi connectivity index (χ0v) is 22.0. The molecule has 11 nitrogen and oxygen atoms in total. The number of carboxylic acids is 1. The summed E-state index contributed by atoms with van der Waals surface area (Å²) in [4.78, 5) is 23.7. The molecule has 3 unspecified atom stereocenters. The van der Waals surface area contributed by atoms with Crippen LogP contribution in [-0.2, 0) is 9.59 Å². The van der Waals surface area contributed by atoms with E-state index in [1.54, 1.807) is 0 Å². The van der Waals surface area contributed by atoms with Gasteiger partial charge in [-0.15, -0.1) is 0 Å². The summed E-state index contributed by atoms with van der Waals surface area (Å²) >= 11 is 0. The standard InChI is InChI=1S/C24H50N8O3/c1-18-7-26-13-23(32-21(33)5-4-6-22(34)35)14-27-8-19(2)10-30-17-24(25,16-29-9-18)31-12-20(3)11-28-15-23/h18-20,26-31H,4-17,25H2,1-3H3,(H,32,33)(H,34,35). The van der Waals surface area contributed by atoms with Crippen molar-refractivity contribution in [1.82, 2.24) is 37.2 Å². The molecule has 35 heavy (non-hydrogen) atoms. The van der Waals surface area contributed by atoms with Gasteiger partial charge < -0.3 is 42.7 Å². The summed E-state index contributed by atoms with van der Waals surface area (Å²) < 4.78 is 0. The molecule has 0 aromatic rings. The predicted octanol–water partition coefficient (Wildman–Crippen LogP) is -1.78. The van der Waals surface area contributed by atoms with E-state index in [0.29, 0.717) is 56.9 Å². The van der Waals surface area contributed by atoms with Crippen LogP contribution in [0.4, 0.5) is 0 Å². The number of hydrogen-bond donors (Lipinski definition) is 9. The molecule has 2 saturated heterocycles. The quantitative estimate of drug-likeness (QED) is 0.212. The molecule has 2 heterocycles. The van der Waals surface area contributed by atoms with Gasteiger partial charge in [0.1, 0.15) is 0 Å². The molecule has 204 valence electrons. The summed E-state index contributed by atoms with van der Waals surface area (Å²) in [5.41, 5.74) is 5.70. The fraction of sp³-hybridized carbons (Fsp3) is 0.917. The van der Waals surface area contributed by atoms with Gasteiger partial charge in [-0.2, -0.15) is 0 Å². The number of rotatable bonds is 5. The zero-order chi connectivity index (χ0) is 25.7. The van der Waals surface area contributed by atoms with E-state index in [0.717, 1.165) is 39.3 Å². The second-order valence-electron chi connectivity index (χ2n) is 11.1. The molecular weight excluding hydrogens is 448 g/mol. The summed E-state index contributed by atoms with van der Waals surface area (Å²) in [7, 11) is 0. The third kappa shape index (κ3) is 12.0. The van der Waals surface area contributed by atoms with Crippen LogP contribution in [0.2, 0.25) is 0 Å². The molecule has 0 aromatic heterocycles. The lowest BCUT2D eigenvalue weighted by Gasteiger charge is -2.37. The number of nitrogens with two attached hydrogens (primary N) is 1. The number of carbonyl (C=O) groups is 2. The van der Waals surface area contributed by atoms with Gasteiger partial charge in [0.2, 0.25) is 5.91 Å². The van der Waals surface area contributed by atoms with Crippen molar-refractivity contribution in [3.05, 3.63) is 0 Å². The minimum absolute atomic E-state index is 0.00263. The first-order chi connectivity index (χ1) is 16.6. The first-order valence-electron chi connectivity index (χ1n) is 13.2. The molecule has 2 aliphatic rings. The lowest BCUT2D eigenvalue weighted by Crippen LogP contribution is -2.66. The van der Waals surface area contributed by atoms with Gasteiger partial charge in [-0.1, -0.05) is 20.8 Å². The van der Waals surface area contributed by atoms with Crippen molar-refractivity contribution in [3.8, 4) is 0 Å². The molecule has 0 aliphatic carbocycles. The summed E-state index contributed by atoms with van der Waals surface area (Å²) in [6, 6.07) is 0. The highest BCUT2D eigenvalue weighted by Gasteiger charge is 2.32. The fourth-order valence-corrected chi connectivity index (χ4v) is 4.62. The van der Waals surface area contributed by atoms with Gasteiger partial charge in [-0.25, -0.2) is 0 Å². The second-order valence-corrected chi connectivity index (χ2v) is 11.1. The Morgan fingerprint density at radius 2 is 1.20 bits per heavy atom. The third-order valence-corrected chi connectivity index (χ3v) is 6.74. The highest BCUT2D eigenvalue weighted by atomic mass is 16.4. The molecule has 0 radical (unpaired) electrons. The molecule has 2 bridgehead atoms. The monoisotopic (exact) mass is 498 g/mol. The van der Waals surface area contributed by atoms with Crippen LogP contribution in [0.1, 0.15) is 40.0 Å². The van der Waals surface area contributed by atoms with Crippen LogP contribution < -0.4 is 43.0 Å². The van der Waals surface area contributed by atoms with Crippen LogP contribution in [0.5, 0.6) is 0 Å². The van der Waals surface area contributed by atoms with Gasteiger partial charge in [-0.3, -0.25) is 14.9 Å². The SMILES string of the molecule is CC1CNCC2(N)CNCC(C)CNCC(NC(=O)CCCC(=O)O)(CNC1)CNCC(C)CN2. The molecular formula is C24H50N8O3. The maximum Gasteiger partial charge on any atom is 0.303 e. The summed E-state index contributed by atoms with van der Waals surface area (Å²) in [5, 5.41) is 33.6. The Labute approximate surface area is 210 Å². The third-order valence-electron chi connectivity index (χ3n) is 6.74. The van der Waals surface area contributed by atoms with Crippen molar-refractivity contribution in [1.29, 1.82) is 0 Å². The fourth-order valence-electron chi connectivity index (χ4n) is 4.62. The zero-order valence-electron chi connectivity index (χ0n) is 22.0. The Bertz CT molecular complexity index is 628. The van der Waals surface area contributed by atoms with Gasteiger partial charge in [0, 0.05) is 52.1 Å². The number of hydrogen-bond acceptors (Lipinski definition) is 9. The topological polar surface area (TPSA) is 165 Å². The molecule has 2 fully saturated rings. The average Bonchev–Trinajstić information content (AvgIpc) is 2.77. The normalized spacial score (nSPS) is 34.7. The molecule has 3 atom stereocenters. The van der Waals surface area contributed by atoms with E-state index in [9.17, 15) is 9.59 Å². The van der Waals surface area contributed by atoms with Crippen molar-refractivity contribution >= 4 is 11.9 Å². The molecule has 0 aromatic carbocycles. The van der Waals surface area contributed by atoms with Crippen molar-refractivity contribution in [3.63, 3.8) is 0 Å². The molecule has 2 aliphatic heterocycles. The summed E-state index contributed by atoms with van der Waals surface area (Å²) in [6.07, 6.45) is 0.533. The lowest BCUT2D eigenvalue weighted by atomic mass is 9.96. The highest BCUT2D eigenvalue weighted by Crippen LogP contribution is 2.08. The van der Waals surface area contributed by atoms with Gasteiger partial charge in [0.25, 0.3) is 0 Å². The lowest BCUT2D eigenvalue weighted by molar-refractivity contribution is -0.137. The molecule has 2 rings (SSSR count). The molecule has 10 N–H and O–H groups in total. The van der Waals surface area contributed by atoms with Gasteiger partial charge in [0.05, 0.1) is 11.2 Å². The van der Waals surface area contributed by atoms with E-state index in [4.69, 9.17) is 10.8 Å². The number of amides is 1. The Morgan fingerprint density at radius 1 is 0.771 bits per heavy atom. The molecule has 0 saturated carbocycles. The van der Waals surface area contributed by atoms with Crippen molar-refractivity contribution in [2.45, 2.75) is 51.2 Å². The Hall–Kier alpha value is -1.34. The Kier molecular flexibility index (Phi) is 12.8. The Morgan fingerprint density at radius 3 is 1.66 bits per heavy atom. The number of aliphatic carboxylic acids is 1. The molecule has 11 heteroatoms. The van der Waals surface area contributed by atoms with Crippen molar-refractivity contribution in [2.75, 3.05) is 72.0 Å². The van der Waals surface area contributed by atoms with Crippen molar-refractivity contribution in [2.24, 2.45) is 23.5 Å². The van der Waals surface area contributed by atoms with E-state index < -0.39 is 17.2 Å². The number of carboxylic acid groups (broad SMARTS) is 1. The molecule has 0 spiro atoms. The second kappa shape index (κ2) is 15.0. The van der Waals surface area contributed by atoms with Gasteiger partial charge in [0.15, 0.2) is 0 Å². The minimum Gasteiger partial charge on any atom is -0.481 e. The molecule has 1 amide bonds. The maximum atomic E-state index is 12.9. The van der Waals surface area contributed by atoms with Crippen LogP contribution >= 0.6 is 0 Å². The number of nitrogens with one attached hydrogen (secondary N) is 7. The number of carbonyl (C=O) groups excluding carboxylic acids is 1. The first-order valence-corrected chi connectivity index (χ1v) is 13.2. The van der Waals surface area contributed by atoms with Gasteiger partial charge in [-0.05, 0) is 56.9 Å². The maximum absolute atomic E-state index is 12.9. The first kappa shape index (κ1) is 29.9. The van der Waals surface area contributed by atoms with E-state index >= 15 is 0 Å². The number of fused-ring (bicyclic) bond motifs is 7. The largest absolute Gasteiger partial charge is 0.481 e. The van der Waals surface area contributed by atoms with Crippen LogP contribution in [0.15, 0.2) is 0 Å². The van der Waals surface area contributed by atoms with Crippen LogP contribution in [0.3, 0.4) is 0 Å². The predicted molar refractivity (Wildman–Crippen MR) is 139 cm³/mol. The van der Waals surface area contributed by atoms with Crippen LogP contribution in [-0.4, -0.2) is 100 Å². The summed E-state index contributed by atoms with van der Waals surface area (Å²) in [6.45, 7) is 14.6.